The summed E-state index contributed by atoms with van der Waals surface area (Å²) in [5.41, 5.74) is 7.38. The minimum Gasteiger partial charge on any atom is -0.392 e. The Kier molecular flexibility index (Phi) is 10.8. The van der Waals surface area contributed by atoms with Crippen LogP contribution in [0, 0.1) is 11.5 Å². The Hall–Kier alpha value is -2.39. The average molecular weight is 522 g/mol. The first kappa shape index (κ1) is 28.2. The lowest BCUT2D eigenvalue weighted by atomic mass is 10.1. The molecule has 0 aliphatic heterocycles. The van der Waals surface area contributed by atoms with Crippen molar-refractivity contribution in [2.45, 2.75) is 90.5 Å². The third kappa shape index (κ3) is 7.55. The van der Waals surface area contributed by atoms with Crippen LogP contribution in [0.25, 0.3) is 0 Å². The second kappa shape index (κ2) is 13.8. The van der Waals surface area contributed by atoms with Gasteiger partial charge in [-0.1, -0.05) is 119 Å². The van der Waals surface area contributed by atoms with Gasteiger partial charge < -0.3 is 4.43 Å². The molecule has 1 heterocycles. The Bertz CT molecular complexity index is 1130. The van der Waals surface area contributed by atoms with Crippen LogP contribution in [0.5, 0.6) is 0 Å². The van der Waals surface area contributed by atoms with Gasteiger partial charge in [0.25, 0.3) is 8.32 Å². The minimum absolute atomic E-state index is 0.315. The summed E-state index contributed by atoms with van der Waals surface area (Å²) in [5.74, 6) is 3.53. The lowest BCUT2D eigenvalue weighted by Crippen LogP contribution is -2.45. The fraction of sp³-hybridized carbons (Fsp3) is 0.467. The molecule has 2 aromatic carbocycles. The molecule has 1 atom stereocenters. The second-order valence-corrected chi connectivity index (χ2v) is 14.9. The standard InChI is InChI=1S/C30H40ClN3OSi/c1-6-7-8-9-10-14-20-36(24(2)3,25(4)5)35-30(27-17-12-11-13-18-27)29-23-34(33-32-29)22-26-16-15-19-28(31)21-26/h11-13,15-19,21,23-25,30H,6-10,22H2,1-5H3/t30-/m1/s1. The van der Waals surface area contributed by atoms with Crippen LogP contribution in [0.3, 0.4) is 0 Å². The maximum Gasteiger partial charge on any atom is 0.278 e. The molecule has 0 radical (unpaired) electrons. The van der Waals surface area contributed by atoms with Gasteiger partial charge in [-0.25, -0.2) is 4.68 Å². The minimum atomic E-state index is -2.48. The molecule has 0 saturated heterocycles. The van der Waals surface area contributed by atoms with Crippen molar-refractivity contribution in [3.63, 3.8) is 0 Å². The van der Waals surface area contributed by atoms with Crippen molar-refractivity contribution in [3.8, 4) is 11.5 Å². The van der Waals surface area contributed by atoms with E-state index in [1.54, 1.807) is 0 Å². The topological polar surface area (TPSA) is 39.9 Å². The first-order valence-corrected chi connectivity index (χ1v) is 15.7. The molecule has 0 saturated carbocycles. The SMILES string of the molecule is CCCCCCC#C[Si](O[C@H](c1ccccc1)c1cn(Cc2cccc(Cl)c2)nn1)(C(C)C)C(C)C. The zero-order valence-corrected chi connectivity index (χ0v) is 24.1. The largest absolute Gasteiger partial charge is 0.392 e. The molecule has 0 amide bonds. The molecule has 0 aliphatic carbocycles. The fourth-order valence-electron chi connectivity index (χ4n) is 4.55. The highest BCUT2D eigenvalue weighted by Gasteiger charge is 2.44. The van der Waals surface area contributed by atoms with E-state index in [1.807, 2.05) is 41.2 Å². The van der Waals surface area contributed by atoms with E-state index in [0.29, 0.717) is 17.6 Å². The number of hydrogen-bond acceptors (Lipinski definition) is 3. The summed E-state index contributed by atoms with van der Waals surface area (Å²) in [5, 5.41) is 9.73. The van der Waals surface area contributed by atoms with E-state index in [-0.39, 0.29) is 6.10 Å². The Morgan fingerprint density at radius 2 is 1.72 bits per heavy atom. The molecule has 1 aromatic heterocycles. The number of nitrogens with zero attached hydrogens (tertiary/aromatic N) is 3. The number of aromatic nitrogens is 3. The molecule has 0 bridgehead atoms. The maximum atomic E-state index is 7.17. The van der Waals surface area contributed by atoms with Crippen molar-refractivity contribution >= 4 is 19.9 Å². The van der Waals surface area contributed by atoms with Crippen molar-refractivity contribution < 1.29 is 4.43 Å². The zero-order valence-electron chi connectivity index (χ0n) is 22.4. The summed E-state index contributed by atoms with van der Waals surface area (Å²) >= 11 is 6.18. The Morgan fingerprint density at radius 3 is 2.39 bits per heavy atom. The highest BCUT2D eigenvalue weighted by atomic mass is 35.5. The molecule has 3 rings (SSSR count). The molecule has 0 fully saturated rings. The van der Waals surface area contributed by atoms with Crippen LogP contribution in [-0.2, 0) is 11.0 Å². The first-order chi connectivity index (χ1) is 17.4. The van der Waals surface area contributed by atoms with Crippen LogP contribution >= 0.6 is 11.6 Å². The molecule has 6 heteroatoms. The van der Waals surface area contributed by atoms with Crippen LogP contribution in [-0.4, -0.2) is 23.3 Å². The lowest BCUT2D eigenvalue weighted by Gasteiger charge is -2.37. The summed E-state index contributed by atoms with van der Waals surface area (Å²) in [4.78, 5) is 0. The van der Waals surface area contributed by atoms with E-state index in [0.717, 1.165) is 34.7 Å². The van der Waals surface area contributed by atoms with Gasteiger partial charge in [0, 0.05) is 11.4 Å². The maximum absolute atomic E-state index is 7.17. The van der Waals surface area contributed by atoms with E-state index >= 15 is 0 Å². The predicted octanol–water partition coefficient (Wildman–Crippen LogP) is 8.36. The van der Waals surface area contributed by atoms with Crippen LogP contribution in [0.15, 0.2) is 60.8 Å². The van der Waals surface area contributed by atoms with Gasteiger partial charge in [0.15, 0.2) is 0 Å². The first-order valence-electron chi connectivity index (χ1n) is 13.2. The fourth-order valence-corrected chi connectivity index (χ4v) is 8.33. The van der Waals surface area contributed by atoms with E-state index in [1.165, 1.54) is 19.3 Å². The number of halogens is 1. The van der Waals surface area contributed by atoms with E-state index in [2.05, 4.69) is 80.7 Å². The third-order valence-corrected chi connectivity index (χ3v) is 11.5. The van der Waals surface area contributed by atoms with E-state index in [4.69, 9.17) is 16.0 Å². The summed E-state index contributed by atoms with van der Waals surface area (Å²) < 4.78 is 9.03. The van der Waals surface area contributed by atoms with Gasteiger partial charge in [-0.3, -0.25) is 0 Å². The normalized spacial score (nSPS) is 12.6. The smallest absolute Gasteiger partial charge is 0.278 e. The number of hydrogen-bond donors (Lipinski definition) is 0. The van der Waals surface area contributed by atoms with Gasteiger partial charge in [-0.15, -0.1) is 11.0 Å². The summed E-state index contributed by atoms with van der Waals surface area (Å²) in [6, 6.07) is 18.2. The van der Waals surface area contributed by atoms with Gasteiger partial charge in [0.2, 0.25) is 0 Å². The van der Waals surface area contributed by atoms with Gasteiger partial charge in [0.1, 0.15) is 11.8 Å². The Labute approximate surface area is 223 Å². The monoisotopic (exact) mass is 521 g/mol. The molecular formula is C30H40ClN3OSi. The van der Waals surface area contributed by atoms with Crippen molar-refractivity contribution in [1.29, 1.82) is 0 Å². The molecule has 4 nitrogen and oxygen atoms in total. The van der Waals surface area contributed by atoms with E-state index in [9.17, 15) is 0 Å². The molecule has 36 heavy (non-hydrogen) atoms. The second-order valence-electron chi connectivity index (χ2n) is 10.1. The summed E-state index contributed by atoms with van der Waals surface area (Å²) in [6.07, 6.45) is 7.53. The van der Waals surface area contributed by atoms with Gasteiger partial charge >= 0.3 is 0 Å². The van der Waals surface area contributed by atoms with Crippen LogP contribution < -0.4 is 0 Å². The lowest BCUT2D eigenvalue weighted by molar-refractivity contribution is 0.223. The average Bonchev–Trinajstić information content (AvgIpc) is 3.31. The predicted molar refractivity (Wildman–Crippen MR) is 152 cm³/mol. The third-order valence-electron chi connectivity index (χ3n) is 6.63. The Morgan fingerprint density at radius 1 is 0.972 bits per heavy atom. The van der Waals surface area contributed by atoms with Crippen molar-refractivity contribution in [3.05, 3.63) is 82.6 Å². The van der Waals surface area contributed by atoms with Crippen LogP contribution in [0.2, 0.25) is 16.1 Å². The molecule has 3 aromatic rings. The van der Waals surface area contributed by atoms with Crippen molar-refractivity contribution in [1.82, 2.24) is 15.0 Å². The quantitative estimate of drug-likeness (QED) is 0.136. The summed E-state index contributed by atoms with van der Waals surface area (Å²) in [6.45, 7) is 11.9. The van der Waals surface area contributed by atoms with Crippen LogP contribution in [0.1, 0.15) is 89.6 Å². The molecule has 0 unspecified atom stereocenters. The number of benzene rings is 2. The Balaban J connectivity index is 1.92. The highest BCUT2D eigenvalue weighted by molar-refractivity contribution is 6.84. The zero-order chi connectivity index (χ0) is 26.0. The van der Waals surface area contributed by atoms with E-state index < -0.39 is 8.32 Å². The molecule has 192 valence electrons. The van der Waals surface area contributed by atoms with Gasteiger partial charge in [0.05, 0.1) is 12.7 Å². The molecule has 0 spiro atoms. The number of unbranched alkanes of at least 4 members (excludes halogenated alkanes) is 4. The molecule has 0 aliphatic rings. The highest BCUT2D eigenvalue weighted by Crippen LogP contribution is 2.39. The summed E-state index contributed by atoms with van der Waals surface area (Å²) in [7, 11) is -2.48. The molecule has 0 N–H and O–H groups in total. The molecular weight excluding hydrogens is 482 g/mol. The van der Waals surface area contributed by atoms with Crippen molar-refractivity contribution in [2.75, 3.05) is 0 Å². The van der Waals surface area contributed by atoms with Gasteiger partial charge in [-0.2, -0.15) is 0 Å². The van der Waals surface area contributed by atoms with Crippen molar-refractivity contribution in [2.24, 2.45) is 0 Å². The van der Waals surface area contributed by atoms with Gasteiger partial charge in [-0.05, 0) is 40.8 Å². The van der Waals surface area contributed by atoms with Crippen LogP contribution in [0.4, 0.5) is 0 Å². The number of rotatable bonds is 12.